The van der Waals surface area contributed by atoms with Crippen LogP contribution in [0.25, 0.3) is 0 Å². The van der Waals surface area contributed by atoms with Gasteiger partial charge in [0.05, 0.1) is 5.56 Å². The van der Waals surface area contributed by atoms with Gasteiger partial charge in [0.25, 0.3) is 5.91 Å². The normalized spacial score (nSPS) is 34.0. The molecule has 2 bridgehead atoms. The summed E-state index contributed by atoms with van der Waals surface area (Å²) in [5, 5.41) is 0. The quantitative estimate of drug-likeness (QED) is 0.703. The maximum Gasteiger partial charge on any atom is 0.265 e. The molecule has 0 saturated heterocycles. The van der Waals surface area contributed by atoms with E-state index in [9.17, 15) is 4.79 Å². The van der Waals surface area contributed by atoms with Crippen LogP contribution in [0.1, 0.15) is 50.4 Å². The van der Waals surface area contributed by atoms with Crippen molar-refractivity contribution in [2.45, 2.75) is 45.8 Å². The summed E-state index contributed by atoms with van der Waals surface area (Å²) in [6.07, 6.45) is 3.20. The fourth-order valence-electron chi connectivity index (χ4n) is 5.85. The van der Waals surface area contributed by atoms with Crippen molar-refractivity contribution in [3.63, 3.8) is 0 Å². The van der Waals surface area contributed by atoms with Gasteiger partial charge in [-0.05, 0) is 48.4 Å². The highest BCUT2D eigenvalue weighted by Gasteiger charge is 2.74. The molecule has 134 valence electrons. The number of rotatable bonds is 1. The van der Waals surface area contributed by atoms with Gasteiger partial charge in [-0.15, -0.1) is 0 Å². The van der Waals surface area contributed by atoms with E-state index in [4.69, 9.17) is 4.74 Å². The Labute approximate surface area is 155 Å². The molecule has 1 amide bonds. The van der Waals surface area contributed by atoms with E-state index < -0.39 is 5.72 Å². The molecule has 0 unspecified atom stereocenters. The van der Waals surface area contributed by atoms with Crippen LogP contribution in [0.4, 0.5) is 5.69 Å². The number of amides is 1. The highest BCUT2D eigenvalue weighted by Crippen LogP contribution is 2.72. The van der Waals surface area contributed by atoms with E-state index in [2.05, 4.69) is 20.8 Å². The average molecular weight is 347 g/mol. The topological polar surface area (TPSA) is 29.5 Å². The molecule has 0 radical (unpaired) electrons. The van der Waals surface area contributed by atoms with Crippen LogP contribution in [0, 0.1) is 16.7 Å². The van der Waals surface area contributed by atoms with Gasteiger partial charge < -0.3 is 4.74 Å². The van der Waals surface area contributed by atoms with Crippen LogP contribution in [-0.2, 0) is 0 Å². The van der Waals surface area contributed by atoms with E-state index in [0.717, 1.165) is 24.3 Å². The number of fused-ring (bicyclic) bond motifs is 4. The fraction of sp³-hybridized carbons (Fsp3) is 0.435. The molecule has 3 atom stereocenters. The van der Waals surface area contributed by atoms with Gasteiger partial charge in [0.1, 0.15) is 5.75 Å². The van der Waals surface area contributed by atoms with Gasteiger partial charge >= 0.3 is 0 Å². The predicted octanol–water partition coefficient (Wildman–Crippen LogP) is 5.27. The summed E-state index contributed by atoms with van der Waals surface area (Å²) in [7, 11) is 0. The molecule has 2 fully saturated rings. The van der Waals surface area contributed by atoms with Gasteiger partial charge in [-0.25, -0.2) is 0 Å². The van der Waals surface area contributed by atoms with E-state index in [0.29, 0.717) is 11.5 Å². The van der Waals surface area contributed by atoms with Gasteiger partial charge in [0.15, 0.2) is 5.72 Å². The van der Waals surface area contributed by atoms with Crippen LogP contribution in [0.15, 0.2) is 54.6 Å². The smallest absolute Gasteiger partial charge is 0.265 e. The second-order valence-electron chi connectivity index (χ2n) is 8.85. The van der Waals surface area contributed by atoms with Crippen LogP contribution in [0.3, 0.4) is 0 Å². The van der Waals surface area contributed by atoms with Crippen molar-refractivity contribution in [3.8, 4) is 5.75 Å². The maximum absolute atomic E-state index is 13.7. The lowest BCUT2D eigenvalue weighted by molar-refractivity contribution is -0.0705. The summed E-state index contributed by atoms with van der Waals surface area (Å²) < 4.78 is 6.80. The molecule has 1 spiro atoms. The van der Waals surface area contributed by atoms with Crippen molar-refractivity contribution in [2.75, 3.05) is 4.90 Å². The Balaban J connectivity index is 1.77. The van der Waals surface area contributed by atoms with Crippen molar-refractivity contribution >= 4 is 11.6 Å². The Hall–Kier alpha value is -2.29. The Morgan fingerprint density at radius 1 is 1.00 bits per heavy atom. The molecule has 26 heavy (non-hydrogen) atoms. The van der Waals surface area contributed by atoms with Crippen LogP contribution in [0.5, 0.6) is 5.75 Å². The zero-order chi connectivity index (χ0) is 18.2. The van der Waals surface area contributed by atoms with E-state index in [1.807, 2.05) is 59.5 Å². The first-order valence-corrected chi connectivity index (χ1v) is 9.58. The number of ether oxygens (including phenoxy) is 1. The molecular formula is C23H25NO2. The summed E-state index contributed by atoms with van der Waals surface area (Å²) in [6.45, 7) is 7.05. The largest absolute Gasteiger partial charge is 0.466 e. The molecule has 1 aliphatic heterocycles. The molecule has 3 aliphatic rings. The third-order valence-electron chi connectivity index (χ3n) is 7.80. The number of carbonyl (C=O) groups is 1. The standard InChI is InChI=1S/C23H25NO2/c1-21(2)16-13-14-22(21,3)23(15-16)24(17-9-5-4-6-10-17)20(25)18-11-7-8-12-19(18)26-23/h4-12,16H,13-15H2,1-3H3/t16-,22+,23+/m1/s1. The predicted molar refractivity (Wildman–Crippen MR) is 102 cm³/mol. The van der Waals surface area contributed by atoms with Crippen molar-refractivity contribution in [3.05, 3.63) is 60.2 Å². The number of carbonyl (C=O) groups excluding carboxylic acids is 1. The average Bonchev–Trinajstić information content (AvgIpc) is 2.95. The number of hydrogen-bond acceptors (Lipinski definition) is 2. The molecule has 0 N–H and O–H groups in total. The molecule has 2 aromatic rings. The zero-order valence-electron chi connectivity index (χ0n) is 15.7. The molecular weight excluding hydrogens is 322 g/mol. The van der Waals surface area contributed by atoms with Crippen molar-refractivity contribution < 1.29 is 9.53 Å². The van der Waals surface area contributed by atoms with Crippen LogP contribution in [-0.4, -0.2) is 11.6 Å². The van der Waals surface area contributed by atoms with Crippen LogP contribution in [0.2, 0.25) is 0 Å². The third kappa shape index (κ3) is 1.67. The first-order valence-electron chi connectivity index (χ1n) is 9.58. The number of hydrogen-bond donors (Lipinski definition) is 0. The van der Waals surface area contributed by atoms with Gasteiger partial charge in [0, 0.05) is 17.5 Å². The fourth-order valence-corrected chi connectivity index (χ4v) is 5.85. The van der Waals surface area contributed by atoms with Crippen molar-refractivity contribution in [1.82, 2.24) is 0 Å². The number of anilines is 1. The third-order valence-corrected chi connectivity index (χ3v) is 7.80. The molecule has 1 heterocycles. The van der Waals surface area contributed by atoms with E-state index in [1.165, 1.54) is 6.42 Å². The highest BCUT2D eigenvalue weighted by atomic mass is 16.5. The first-order chi connectivity index (χ1) is 12.4. The van der Waals surface area contributed by atoms with E-state index in [-0.39, 0.29) is 16.7 Å². The van der Waals surface area contributed by atoms with Gasteiger partial charge in [-0.3, -0.25) is 9.69 Å². The summed E-state index contributed by atoms with van der Waals surface area (Å²) >= 11 is 0. The zero-order valence-corrected chi connectivity index (χ0v) is 15.7. The second kappa shape index (κ2) is 4.91. The van der Waals surface area contributed by atoms with Gasteiger partial charge in [0.2, 0.25) is 0 Å². The monoisotopic (exact) mass is 347 g/mol. The minimum atomic E-state index is -0.619. The summed E-state index contributed by atoms with van der Waals surface area (Å²) in [5.74, 6) is 1.36. The number of para-hydroxylation sites is 2. The minimum absolute atomic E-state index is 0.0580. The maximum atomic E-state index is 13.7. The SMILES string of the molecule is CC1(C)[C@@H]2CC[C@]1(C)[C@]1(C2)Oc2ccccc2C(=O)N1c1ccccc1. The number of benzene rings is 2. The lowest BCUT2D eigenvalue weighted by Crippen LogP contribution is -2.67. The molecule has 0 aromatic heterocycles. The molecule has 2 saturated carbocycles. The van der Waals surface area contributed by atoms with Crippen LogP contribution >= 0.6 is 0 Å². The Bertz CT molecular complexity index is 890. The summed E-state index contributed by atoms with van der Waals surface area (Å²) in [6, 6.07) is 17.7. The molecule has 5 rings (SSSR count). The number of nitrogens with zero attached hydrogens (tertiary/aromatic N) is 1. The van der Waals surface area contributed by atoms with Crippen LogP contribution < -0.4 is 9.64 Å². The van der Waals surface area contributed by atoms with Crippen molar-refractivity contribution in [1.29, 1.82) is 0 Å². The molecule has 2 aliphatic carbocycles. The van der Waals surface area contributed by atoms with E-state index >= 15 is 0 Å². The Morgan fingerprint density at radius 3 is 2.35 bits per heavy atom. The molecule has 3 heteroatoms. The Kier molecular flexibility index (Phi) is 3.00. The highest BCUT2D eigenvalue weighted by molar-refractivity contribution is 6.10. The van der Waals surface area contributed by atoms with Crippen molar-refractivity contribution in [2.24, 2.45) is 16.7 Å². The van der Waals surface area contributed by atoms with Gasteiger partial charge in [-0.2, -0.15) is 0 Å². The minimum Gasteiger partial charge on any atom is -0.466 e. The van der Waals surface area contributed by atoms with E-state index in [1.54, 1.807) is 0 Å². The summed E-state index contributed by atoms with van der Waals surface area (Å²) in [4.78, 5) is 15.6. The second-order valence-corrected chi connectivity index (χ2v) is 8.85. The summed E-state index contributed by atoms with van der Waals surface area (Å²) in [5.41, 5.74) is 1.01. The lowest BCUT2D eigenvalue weighted by atomic mass is 9.66. The molecule has 2 aromatic carbocycles. The van der Waals surface area contributed by atoms with Gasteiger partial charge in [-0.1, -0.05) is 51.1 Å². The first kappa shape index (κ1) is 15.9. The Morgan fingerprint density at radius 2 is 1.69 bits per heavy atom. The molecule has 3 nitrogen and oxygen atoms in total. The lowest BCUT2D eigenvalue weighted by Gasteiger charge is -2.55.